The number of nitrogens with one attached hydrogen (secondary N) is 1. The molecule has 146 valence electrons. The molecule has 1 N–H and O–H groups in total. The summed E-state index contributed by atoms with van der Waals surface area (Å²) in [6.07, 6.45) is 1.61. The first-order valence-corrected chi connectivity index (χ1v) is 9.10. The lowest BCUT2D eigenvalue weighted by Gasteiger charge is -2.17. The number of carbonyl (C=O) groups is 1. The largest absolute Gasteiger partial charge is 0.332 e. The molecule has 2 aromatic heterocycles. The molecule has 0 radical (unpaired) electrons. The van der Waals surface area contributed by atoms with Crippen molar-refractivity contribution in [3.8, 4) is 0 Å². The van der Waals surface area contributed by atoms with E-state index < -0.39 is 11.2 Å². The minimum absolute atomic E-state index is 0.0217. The van der Waals surface area contributed by atoms with Crippen LogP contribution in [0.25, 0.3) is 11.0 Å². The van der Waals surface area contributed by atoms with Crippen LogP contribution in [0.5, 0.6) is 0 Å². The van der Waals surface area contributed by atoms with E-state index in [9.17, 15) is 14.4 Å². The molecule has 0 fully saturated rings. The molecular formula is C21H24N4O3. The highest BCUT2D eigenvalue weighted by atomic mass is 16.2. The standard InChI is InChI=1S/C21H24N4O3/c1-11(2)15-10-22-18-16(20(27)25(6)21(28)24(18)5)17(15)23-19(26)14-8-12(3)7-13(4)9-14/h7-11H,1-6H3,(H,22,23,26). The van der Waals surface area contributed by atoms with E-state index >= 15 is 0 Å². The van der Waals surface area contributed by atoms with Crippen LogP contribution in [0.1, 0.15) is 46.8 Å². The molecule has 0 aliphatic rings. The number of hydrogen-bond acceptors (Lipinski definition) is 4. The highest BCUT2D eigenvalue weighted by Gasteiger charge is 2.21. The van der Waals surface area contributed by atoms with Crippen molar-refractivity contribution in [2.75, 3.05) is 5.32 Å². The van der Waals surface area contributed by atoms with Crippen molar-refractivity contribution in [3.05, 3.63) is 67.5 Å². The Bertz CT molecular complexity index is 1200. The molecule has 3 rings (SSSR count). The zero-order chi connectivity index (χ0) is 20.7. The fourth-order valence-electron chi connectivity index (χ4n) is 3.41. The average Bonchev–Trinajstić information content (AvgIpc) is 2.63. The van der Waals surface area contributed by atoms with Crippen molar-refractivity contribution in [2.45, 2.75) is 33.6 Å². The second kappa shape index (κ2) is 7.07. The summed E-state index contributed by atoms with van der Waals surface area (Å²) in [4.78, 5) is 42.4. The smallest absolute Gasteiger partial charge is 0.321 e. The van der Waals surface area contributed by atoms with Crippen LogP contribution in [0.2, 0.25) is 0 Å². The molecule has 0 aliphatic heterocycles. The highest BCUT2D eigenvalue weighted by molar-refractivity contribution is 6.09. The monoisotopic (exact) mass is 380 g/mol. The lowest BCUT2D eigenvalue weighted by molar-refractivity contribution is 0.102. The quantitative estimate of drug-likeness (QED) is 0.757. The lowest BCUT2D eigenvalue weighted by atomic mass is 10.0. The van der Waals surface area contributed by atoms with Gasteiger partial charge in [0, 0.05) is 25.9 Å². The van der Waals surface area contributed by atoms with Gasteiger partial charge in [0.25, 0.3) is 11.5 Å². The Morgan fingerprint density at radius 2 is 1.64 bits per heavy atom. The third kappa shape index (κ3) is 3.24. The first-order valence-electron chi connectivity index (χ1n) is 9.10. The van der Waals surface area contributed by atoms with Gasteiger partial charge in [-0.3, -0.25) is 18.7 Å². The van der Waals surface area contributed by atoms with Crippen molar-refractivity contribution in [1.82, 2.24) is 14.1 Å². The van der Waals surface area contributed by atoms with E-state index in [0.717, 1.165) is 21.3 Å². The number of rotatable bonds is 3. The summed E-state index contributed by atoms with van der Waals surface area (Å²) >= 11 is 0. The van der Waals surface area contributed by atoms with Crippen LogP contribution in [-0.2, 0) is 14.1 Å². The van der Waals surface area contributed by atoms with E-state index in [1.165, 1.54) is 11.6 Å². The van der Waals surface area contributed by atoms with E-state index in [-0.39, 0.29) is 22.9 Å². The van der Waals surface area contributed by atoms with Crippen molar-refractivity contribution >= 4 is 22.6 Å². The summed E-state index contributed by atoms with van der Waals surface area (Å²) < 4.78 is 2.34. The van der Waals surface area contributed by atoms with Crippen LogP contribution in [0, 0.1) is 13.8 Å². The predicted octanol–water partition coefficient (Wildman–Crippen LogP) is 2.62. The van der Waals surface area contributed by atoms with Crippen molar-refractivity contribution in [3.63, 3.8) is 0 Å². The molecular weight excluding hydrogens is 356 g/mol. The Hall–Kier alpha value is -3.22. The summed E-state index contributed by atoms with van der Waals surface area (Å²) in [5.41, 5.74) is 2.91. The van der Waals surface area contributed by atoms with E-state index in [2.05, 4.69) is 10.3 Å². The van der Waals surface area contributed by atoms with Gasteiger partial charge >= 0.3 is 5.69 Å². The zero-order valence-electron chi connectivity index (χ0n) is 17.0. The third-order valence-electron chi connectivity index (χ3n) is 4.84. The number of benzene rings is 1. The average molecular weight is 380 g/mol. The van der Waals surface area contributed by atoms with Gasteiger partial charge in [0.2, 0.25) is 0 Å². The lowest BCUT2D eigenvalue weighted by Crippen LogP contribution is -2.38. The molecule has 0 unspecified atom stereocenters. The van der Waals surface area contributed by atoms with Crippen LogP contribution in [0.3, 0.4) is 0 Å². The molecule has 0 saturated heterocycles. The highest BCUT2D eigenvalue weighted by Crippen LogP contribution is 2.29. The second-order valence-corrected chi connectivity index (χ2v) is 7.48. The van der Waals surface area contributed by atoms with Crippen LogP contribution in [0.15, 0.2) is 34.0 Å². The number of pyridine rings is 1. The summed E-state index contributed by atoms with van der Waals surface area (Å²) in [6, 6.07) is 5.59. The molecule has 7 heteroatoms. The van der Waals surface area contributed by atoms with Crippen LogP contribution < -0.4 is 16.6 Å². The molecule has 0 saturated carbocycles. The number of aryl methyl sites for hydroxylation is 3. The first kappa shape index (κ1) is 19.5. The minimum Gasteiger partial charge on any atom is -0.321 e. The molecule has 0 spiro atoms. The number of nitrogens with zero attached hydrogens (tertiary/aromatic N) is 3. The Labute approximate surface area is 162 Å². The van der Waals surface area contributed by atoms with E-state index in [0.29, 0.717) is 11.3 Å². The first-order chi connectivity index (χ1) is 13.1. The summed E-state index contributed by atoms with van der Waals surface area (Å²) in [5.74, 6) is -0.287. The molecule has 7 nitrogen and oxygen atoms in total. The summed E-state index contributed by atoms with van der Waals surface area (Å²) in [5, 5.41) is 3.14. The number of anilines is 1. The zero-order valence-corrected chi connectivity index (χ0v) is 17.0. The Morgan fingerprint density at radius 1 is 1.04 bits per heavy atom. The fraction of sp³-hybridized carbons (Fsp3) is 0.333. The Morgan fingerprint density at radius 3 is 2.21 bits per heavy atom. The maximum absolute atomic E-state index is 13.0. The van der Waals surface area contributed by atoms with Gasteiger partial charge in [-0.15, -0.1) is 0 Å². The number of fused-ring (bicyclic) bond motifs is 1. The third-order valence-corrected chi connectivity index (χ3v) is 4.84. The van der Waals surface area contributed by atoms with Crippen molar-refractivity contribution < 1.29 is 4.79 Å². The number of amides is 1. The SMILES string of the molecule is Cc1cc(C)cc(C(=O)Nc2c(C(C)C)cnc3c2c(=O)n(C)c(=O)n3C)c1. The molecule has 0 bridgehead atoms. The van der Waals surface area contributed by atoms with Gasteiger partial charge in [-0.2, -0.15) is 0 Å². The summed E-state index contributed by atoms with van der Waals surface area (Å²) in [7, 11) is 2.98. The van der Waals surface area contributed by atoms with E-state index in [1.54, 1.807) is 25.4 Å². The molecule has 0 aliphatic carbocycles. The summed E-state index contributed by atoms with van der Waals surface area (Å²) in [6.45, 7) is 7.77. The molecule has 1 aromatic carbocycles. The number of carbonyl (C=O) groups excluding carboxylic acids is 1. The van der Waals surface area contributed by atoms with Gasteiger partial charge in [-0.05, 0) is 37.5 Å². The van der Waals surface area contributed by atoms with Crippen LogP contribution >= 0.6 is 0 Å². The maximum atomic E-state index is 13.0. The second-order valence-electron chi connectivity index (χ2n) is 7.48. The van der Waals surface area contributed by atoms with E-state index in [4.69, 9.17) is 0 Å². The van der Waals surface area contributed by atoms with Gasteiger partial charge in [-0.25, -0.2) is 9.78 Å². The molecule has 2 heterocycles. The van der Waals surface area contributed by atoms with Gasteiger partial charge in [-0.1, -0.05) is 31.0 Å². The van der Waals surface area contributed by atoms with Crippen LogP contribution in [0.4, 0.5) is 5.69 Å². The van der Waals surface area contributed by atoms with E-state index in [1.807, 2.05) is 33.8 Å². The van der Waals surface area contributed by atoms with Gasteiger partial charge in [0.1, 0.15) is 5.39 Å². The van der Waals surface area contributed by atoms with Gasteiger partial charge < -0.3 is 5.32 Å². The molecule has 0 atom stereocenters. The van der Waals surface area contributed by atoms with Crippen molar-refractivity contribution in [1.29, 1.82) is 0 Å². The molecule has 3 aromatic rings. The van der Waals surface area contributed by atoms with Crippen LogP contribution in [-0.4, -0.2) is 20.0 Å². The number of aromatic nitrogens is 3. The topological polar surface area (TPSA) is 86.0 Å². The minimum atomic E-state index is -0.483. The fourth-order valence-corrected chi connectivity index (χ4v) is 3.41. The normalized spacial score (nSPS) is 11.2. The van der Waals surface area contributed by atoms with Gasteiger partial charge in [0.05, 0.1) is 5.69 Å². The molecule has 1 amide bonds. The molecule has 28 heavy (non-hydrogen) atoms. The van der Waals surface area contributed by atoms with Crippen molar-refractivity contribution in [2.24, 2.45) is 14.1 Å². The van der Waals surface area contributed by atoms with Gasteiger partial charge in [0.15, 0.2) is 5.65 Å². The Balaban J connectivity index is 2.29. The number of hydrogen-bond donors (Lipinski definition) is 1. The predicted molar refractivity (Wildman–Crippen MR) is 110 cm³/mol. The Kier molecular flexibility index (Phi) is 4.93. The maximum Gasteiger partial charge on any atom is 0.332 e.